The molecule has 9 heavy (non-hydrogen) atoms. The van der Waals surface area contributed by atoms with E-state index in [1.807, 2.05) is 0 Å². The van der Waals surface area contributed by atoms with Gasteiger partial charge >= 0.3 is 0 Å². The lowest BCUT2D eigenvalue weighted by Crippen LogP contribution is -2.31. The normalized spacial score (nSPS) is 12.8. The van der Waals surface area contributed by atoms with Crippen LogP contribution in [0.5, 0.6) is 0 Å². The maximum atomic E-state index is 10.4. The number of hydrogen-bond donors (Lipinski definition) is 2. The van der Waals surface area contributed by atoms with Crippen LogP contribution in [0.15, 0.2) is 0 Å². The first-order chi connectivity index (χ1) is 4.16. The third-order valence-electron chi connectivity index (χ3n) is 0.716. The molecule has 0 unspecified atom stereocenters. The van der Waals surface area contributed by atoms with E-state index in [0.717, 1.165) is 0 Å². The second-order valence-electron chi connectivity index (χ2n) is 1.79. The standard InChI is InChI=1S/C5H10ClNO2/c1-4(8)3-7-5(9)2-6/h4,8H,2-3H2,1H3,(H,7,9)/t4-/m0/s1. The van der Waals surface area contributed by atoms with Gasteiger partial charge in [-0.25, -0.2) is 0 Å². The summed E-state index contributed by atoms with van der Waals surface area (Å²) in [4.78, 5) is 10.4. The third-order valence-corrected chi connectivity index (χ3v) is 0.959. The fraction of sp³-hybridized carbons (Fsp3) is 0.800. The quantitative estimate of drug-likeness (QED) is 0.546. The number of aliphatic hydroxyl groups is 1. The highest BCUT2D eigenvalue weighted by Gasteiger charge is 1.98. The van der Waals surface area contributed by atoms with Crippen LogP contribution < -0.4 is 5.32 Å². The predicted molar refractivity (Wildman–Crippen MR) is 35.4 cm³/mol. The summed E-state index contributed by atoms with van der Waals surface area (Å²) >= 11 is 5.14. The molecule has 0 aromatic carbocycles. The van der Waals surface area contributed by atoms with Crippen molar-refractivity contribution in [2.45, 2.75) is 13.0 Å². The van der Waals surface area contributed by atoms with Gasteiger partial charge in [0.2, 0.25) is 5.91 Å². The first kappa shape index (κ1) is 8.72. The van der Waals surface area contributed by atoms with Gasteiger partial charge in [-0.05, 0) is 6.92 Å². The van der Waals surface area contributed by atoms with E-state index in [4.69, 9.17) is 16.7 Å². The lowest BCUT2D eigenvalue weighted by molar-refractivity contribution is -0.119. The zero-order valence-corrected chi connectivity index (χ0v) is 5.98. The molecule has 0 aliphatic rings. The van der Waals surface area contributed by atoms with Gasteiger partial charge in [0.25, 0.3) is 0 Å². The van der Waals surface area contributed by atoms with Crippen molar-refractivity contribution >= 4 is 17.5 Å². The fourth-order valence-corrected chi connectivity index (χ4v) is 0.403. The Bertz CT molecular complexity index is 95.0. The van der Waals surface area contributed by atoms with Gasteiger partial charge < -0.3 is 10.4 Å². The molecule has 2 N–H and O–H groups in total. The highest BCUT2D eigenvalue weighted by atomic mass is 35.5. The Morgan fingerprint density at radius 2 is 2.44 bits per heavy atom. The van der Waals surface area contributed by atoms with E-state index in [9.17, 15) is 4.79 Å². The number of amides is 1. The number of rotatable bonds is 3. The first-order valence-electron chi connectivity index (χ1n) is 2.67. The molecule has 0 fully saturated rings. The Balaban J connectivity index is 3.17. The molecule has 0 aromatic heterocycles. The minimum Gasteiger partial charge on any atom is -0.392 e. The molecular weight excluding hydrogens is 142 g/mol. The monoisotopic (exact) mass is 151 g/mol. The van der Waals surface area contributed by atoms with Gasteiger partial charge in [-0.2, -0.15) is 0 Å². The maximum Gasteiger partial charge on any atom is 0.235 e. The lowest BCUT2D eigenvalue weighted by atomic mass is 10.4. The van der Waals surface area contributed by atoms with Crippen LogP contribution in [0.1, 0.15) is 6.92 Å². The fourth-order valence-electron chi connectivity index (χ4n) is 0.309. The number of alkyl halides is 1. The number of hydrogen-bond acceptors (Lipinski definition) is 2. The summed E-state index contributed by atoms with van der Waals surface area (Å²) in [6, 6.07) is 0. The molecule has 0 spiro atoms. The lowest BCUT2D eigenvalue weighted by Gasteiger charge is -2.03. The van der Waals surface area contributed by atoms with Crippen LogP contribution in [0, 0.1) is 0 Å². The zero-order valence-electron chi connectivity index (χ0n) is 5.22. The Hall–Kier alpha value is -0.280. The van der Waals surface area contributed by atoms with E-state index in [1.54, 1.807) is 6.92 Å². The zero-order chi connectivity index (χ0) is 7.28. The molecule has 1 atom stereocenters. The summed E-state index contributed by atoms with van der Waals surface area (Å²) in [5.74, 6) is -0.301. The van der Waals surface area contributed by atoms with Gasteiger partial charge in [0, 0.05) is 6.54 Å². The molecule has 0 aliphatic carbocycles. The van der Waals surface area contributed by atoms with Gasteiger partial charge in [-0.15, -0.1) is 11.6 Å². The number of carbonyl (C=O) groups is 1. The van der Waals surface area contributed by atoms with Crippen molar-refractivity contribution in [3.8, 4) is 0 Å². The molecule has 54 valence electrons. The second-order valence-corrected chi connectivity index (χ2v) is 2.05. The average molecular weight is 152 g/mol. The second kappa shape index (κ2) is 4.58. The molecule has 1 amide bonds. The highest BCUT2D eigenvalue weighted by molar-refractivity contribution is 6.27. The number of carbonyl (C=O) groups excluding carboxylic acids is 1. The van der Waals surface area contributed by atoms with Crippen LogP contribution in [0.4, 0.5) is 0 Å². The van der Waals surface area contributed by atoms with Gasteiger partial charge in [-0.3, -0.25) is 4.79 Å². The molecule has 0 radical (unpaired) electrons. The van der Waals surface area contributed by atoms with E-state index in [2.05, 4.69) is 5.32 Å². The van der Waals surface area contributed by atoms with Crippen molar-refractivity contribution in [3.63, 3.8) is 0 Å². The van der Waals surface area contributed by atoms with Gasteiger partial charge in [0.1, 0.15) is 5.88 Å². The van der Waals surface area contributed by atoms with Gasteiger partial charge in [0.05, 0.1) is 6.10 Å². The summed E-state index contributed by atoms with van der Waals surface area (Å²) in [6.45, 7) is 1.86. The van der Waals surface area contributed by atoms with E-state index >= 15 is 0 Å². The maximum absolute atomic E-state index is 10.4. The molecule has 0 bridgehead atoms. The van der Waals surface area contributed by atoms with E-state index in [1.165, 1.54) is 0 Å². The number of nitrogens with one attached hydrogen (secondary N) is 1. The van der Waals surface area contributed by atoms with Crippen LogP contribution in [0.25, 0.3) is 0 Å². The van der Waals surface area contributed by atoms with Crippen molar-refractivity contribution in [3.05, 3.63) is 0 Å². The molecule has 3 nitrogen and oxygen atoms in total. The number of halogens is 1. The van der Waals surface area contributed by atoms with Crippen molar-refractivity contribution in [2.24, 2.45) is 0 Å². The van der Waals surface area contributed by atoms with E-state index < -0.39 is 6.10 Å². The Morgan fingerprint density at radius 3 is 2.78 bits per heavy atom. The molecule has 0 saturated heterocycles. The predicted octanol–water partition coefficient (Wildman–Crippen LogP) is -0.278. The van der Waals surface area contributed by atoms with Gasteiger partial charge in [0.15, 0.2) is 0 Å². The number of aliphatic hydroxyl groups excluding tert-OH is 1. The SMILES string of the molecule is C[C@H](O)CNC(=O)CCl. The summed E-state index contributed by atoms with van der Waals surface area (Å²) in [7, 11) is 0. The van der Waals surface area contributed by atoms with Crippen LogP contribution in [0.3, 0.4) is 0 Å². The minimum atomic E-state index is -0.503. The van der Waals surface area contributed by atoms with Crippen LogP contribution in [0.2, 0.25) is 0 Å². The van der Waals surface area contributed by atoms with Crippen LogP contribution >= 0.6 is 11.6 Å². The van der Waals surface area contributed by atoms with E-state index in [-0.39, 0.29) is 18.3 Å². The average Bonchev–Trinajstić information content (AvgIpc) is 1.83. The molecular formula is C5H10ClNO2. The Morgan fingerprint density at radius 1 is 1.89 bits per heavy atom. The van der Waals surface area contributed by atoms with Crippen molar-refractivity contribution in [1.29, 1.82) is 0 Å². The Labute approximate surface area is 59.0 Å². The summed E-state index contributed by atoms with van der Waals surface area (Å²) < 4.78 is 0. The largest absolute Gasteiger partial charge is 0.392 e. The van der Waals surface area contributed by atoms with Crippen LogP contribution in [-0.4, -0.2) is 29.5 Å². The third kappa shape index (κ3) is 5.59. The molecule has 4 heteroatoms. The first-order valence-corrected chi connectivity index (χ1v) is 3.21. The molecule has 0 saturated carbocycles. The van der Waals surface area contributed by atoms with Gasteiger partial charge in [-0.1, -0.05) is 0 Å². The molecule has 0 aliphatic heterocycles. The molecule has 0 heterocycles. The summed E-state index contributed by atoms with van der Waals surface area (Å²) in [5, 5.41) is 11.0. The van der Waals surface area contributed by atoms with Crippen LogP contribution in [-0.2, 0) is 4.79 Å². The Kier molecular flexibility index (Phi) is 4.44. The van der Waals surface area contributed by atoms with Crippen molar-refractivity contribution < 1.29 is 9.90 Å². The molecule has 0 aromatic rings. The van der Waals surface area contributed by atoms with E-state index in [0.29, 0.717) is 0 Å². The topological polar surface area (TPSA) is 49.3 Å². The summed E-state index contributed by atoms with van der Waals surface area (Å²) in [6.07, 6.45) is -0.503. The minimum absolute atomic E-state index is 0.0489. The van der Waals surface area contributed by atoms with Crippen molar-refractivity contribution in [1.82, 2.24) is 5.32 Å². The summed E-state index contributed by atoms with van der Waals surface area (Å²) in [5.41, 5.74) is 0. The van der Waals surface area contributed by atoms with Crippen molar-refractivity contribution in [2.75, 3.05) is 12.4 Å². The smallest absolute Gasteiger partial charge is 0.235 e. The molecule has 0 rings (SSSR count). The highest BCUT2D eigenvalue weighted by Crippen LogP contribution is 1.77.